The summed E-state index contributed by atoms with van der Waals surface area (Å²) < 4.78 is 29.1. The molecule has 0 aliphatic rings. The van der Waals surface area contributed by atoms with Crippen LogP contribution < -0.4 is 4.74 Å². The van der Waals surface area contributed by atoms with Gasteiger partial charge >= 0.3 is 0 Å². The lowest BCUT2D eigenvalue weighted by atomic mass is 9.94. The lowest BCUT2D eigenvalue weighted by Crippen LogP contribution is -2.14. The van der Waals surface area contributed by atoms with E-state index in [2.05, 4.69) is 0 Å². The summed E-state index contributed by atoms with van der Waals surface area (Å²) in [5, 5.41) is 0. The summed E-state index contributed by atoms with van der Waals surface area (Å²) >= 11 is 0. The summed E-state index contributed by atoms with van der Waals surface area (Å²) in [5.41, 5.74) is 0.0273. The predicted octanol–water partition coefficient (Wildman–Crippen LogP) is 2.91. The molecule has 0 fully saturated rings. The third-order valence-corrected chi connectivity index (χ3v) is 4.27. The number of hydrogen-bond donors (Lipinski definition) is 0. The van der Waals surface area contributed by atoms with Crippen LogP contribution in [0.15, 0.2) is 29.2 Å². The van der Waals surface area contributed by atoms with Crippen molar-refractivity contribution >= 4 is 9.84 Å². The summed E-state index contributed by atoms with van der Waals surface area (Å²) in [6, 6.07) is 6.53. The molecule has 0 bridgehead atoms. The number of hydrogen-bond acceptors (Lipinski definition) is 3. The standard InChI is InChI=1S/C13H20O3S/c1-13(2,3)9-10-17(14,15)12-7-5-11(16-4)6-8-12/h5-8H,9-10H2,1-4H3. The number of benzene rings is 1. The van der Waals surface area contributed by atoms with Gasteiger partial charge in [0, 0.05) is 0 Å². The maximum absolute atomic E-state index is 12.0. The molecule has 0 radical (unpaired) electrons. The first-order valence-corrected chi connectivity index (χ1v) is 7.27. The van der Waals surface area contributed by atoms with Crippen LogP contribution in [0.25, 0.3) is 0 Å². The zero-order valence-corrected chi connectivity index (χ0v) is 11.7. The minimum absolute atomic E-state index is 0.0273. The van der Waals surface area contributed by atoms with Gasteiger partial charge in [-0.05, 0) is 36.1 Å². The normalized spacial score (nSPS) is 12.5. The topological polar surface area (TPSA) is 43.4 Å². The fourth-order valence-electron chi connectivity index (χ4n) is 1.34. The van der Waals surface area contributed by atoms with Gasteiger partial charge in [0.15, 0.2) is 9.84 Å². The number of rotatable bonds is 4. The molecule has 3 nitrogen and oxygen atoms in total. The van der Waals surface area contributed by atoms with Crippen LogP contribution in [-0.4, -0.2) is 21.3 Å². The Morgan fingerprint density at radius 1 is 1.12 bits per heavy atom. The predicted molar refractivity (Wildman–Crippen MR) is 69.1 cm³/mol. The van der Waals surface area contributed by atoms with Gasteiger partial charge in [-0.1, -0.05) is 20.8 Å². The molecule has 96 valence electrons. The van der Waals surface area contributed by atoms with Gasteiger partial charge in [-0.15, -0.1) is 0 Å². The van der Waals surface area contributed by atoms with Gasteiger partial charge in [-0.3, -0.25) is 0 Å². The van der Waals surface area contributed by atoms with Crippen molar-refractivity contribution in [3.63, 3.8) is 0 Å². The van der Waals surface area contributed by atoms with E-state index in [9.17, 15) is 8.42 Å². The van der Waals surface area contributed by atoms with Crippen LogP contribution in [0.5, 0.6) is 5.75 Å². The lowest BCUT2D eigenvalue weighted by Gasteiger charge is -2.17. The smallest absolute Gasteiger partial charge is 0.178 e. The SMILES string of the molecule is COc1ccc(S(=O)(=O)CCC(C)(C)C)cc1. The van der Waals surface area contributed by atoms with E-state index in [0.717, 1.165) is 0 Å². The van der Waals surface area contributed by atoms with Crippen LogP contribution in [-0.2, 0) is 9.84 Å². The van der Waals surface area contributed by atoms with E-state index >= 15 is 0 Å². The number of ether oxygens (including phenoxy) is 1. The number of methoxy groups -OCH3 is 1. The van der Waals surface area contributed by atoms with Gasteiger partial charge in [0.1, 0.15) is 5.75 Å². The Morgan fingerprint density at radius 3 is 2.06 bits per heavy atom. The van der Waals surface area contributed by atoms with Gasteiger partial charge < -0.3 is 4.74 Å². The van der Waals surface area contributed by atoms with Crippen LogP contribution in [0.1, 0.15) is 27.2 Å². The maximum atomic E-state index is 12.0. The molecule has 0 heterocycles. The van der Waals surface area contributed by atoms with E-state index in [1.54, 1.807) is 31.4 Å². The molecule has 0 spiro atoms. The highest BCUT2D eigenvalue weighted by molar-refractivity contribution is 7.91. The second kappa shape index (κ2) is 5.08. The third-order valence-electron chi connectivity index (χ3n) is 2.54. The molecule has 17 heavy (non-hydrogen) atoms. The largest absolute Gasteiger partial charge is 0.497 e. The van der Waals surface area contributed by atoms with E-state index in [1.807, 2.05) is 20.8 Å². The Bertz CT molecular complexity index is 452. The first-order valence-electron chi connectivity index (χ1n) is 5.61. The summed E-state index contributed by atoms with van der Waals surface area (Å²) in [7, 11) is -1.62. The molecule has 1 rings (SSSR count). The fraction of sp³-hybridized carbons (Fsp3) is 0.538. The van der Waals surface area contributed by atoms with Crippen molar-refractivity contribution in [3.8, 4) is 5.75 Å². The van der Waals surface area contributed by atoms with E-state index in [4.69, 9.17) is 4.74 Å². The highest BCUT2D eigenvalue weighted by Crippen LogP contribution is 2.23. The molecular formula is C13H20O3S. The summed E-state index contributed by atoms with van der Waals surface area (Å²) in [4.78, 5) is 0.363. The van der Waals surface area contributed by atoms with Crippen LogP contribution >= 0.6 is 0 Å². The van der Waals surface area contributed by atoms with Crippen molar-refractivity contribution in [1.82, 2.24) is 0 Å². The quantitative estimate of drug-likeness (QED) is 0.832. The van der Waals surface area contributed by atoms with Crippen molar-refractivity contribution in [2.45, 2.75) is 32.1 Å². The van der Waals surface area contributed by atoms with Crippen LogP contribution in [0.3, 0.4) is 0 Å². The molecular weight excluding hydrogens is 236 g/mol. The lowest BCUT2D eigenvalue weighted by molar-refractivity contribution is 0.397. The van der Waals surface area contributed by atoms with Crippen LogP contribution in [0, 0.1) is 5.41 Å². The average molecular weight is 256 g/mol. The van der Waals surface area contributed by atoms with Crippen molar-refractivity contribution in [3.05, 3.63) is 24.3 Å². The summed E-state index contributed by atoms with van der Waals surface area (Å²) in [6.07, 6.45) is 0.654. The summed E-state index contributed by atoms with van der Waals surface area (Å²) in [5.74, 6) is 0.850. The Balaban J connectivity index is 2.82. The van der Waals surface area contributed by atoms with Gasteiger partial charge in [0.25, 0.3) is 0 Å². The Labute approximate surface area is 104 Å². The Hall–Kier alpha value is -1.03. The minimum Gasteiger partial charge on any atom is -0.497 e. The average Bonchev–Trinajstić information content (AvgIpc) is 2.26. The van der Waals surface area contributed by atoms with E-state index in [1.165, 1.54) is 0 Å². The number of sulfone groups is 1. The molecule has 0 aliphatic carbocycles. The van der Waals surface area contributed by atoms with Gasteiger partial charge in [0.05, 0.1) is 17.8 Å². The van der Waals surface area contributed by atoms with E-state index in [-0.39, 0.29) is 11.2 Å². The zero-order valence-electron chi connectivity index (χ0n) is 10.9. The van der Waals surface area contributed by atoms with Crippen LogP contribution in [0.4, 0.5) is 0 Å². The molecule has 1 aromatic rings. The Morgan fingerprint density at radius 2 is 1.65 bits per heavy atom. The van der Waals surface area contributed by atoms with E-state index in [0.29, 0.717) is 17.1 Å². The van der Waals surface area contributed by atoms with Gasteiger partial charge in [-0.25, -0.2) is 8.42 Å². The van der Waals surface area contributed by atoms with Crippen molar-refractivity contribution < 1.29 is 13.2 Å². The Kier molecular flexibility index (Phi) is 4.20. The first kappa shape index (κ1) is 14.0. The van der Waals surface area contributed by atoms with Crippen molar-refractivity contribution in [2.24, 2.45) is 5.41 Å². The fourth-order valence-corrected chi connectivity index (χ4v) is 3.01. The second-order valence-electron chi connectivity index (χ2n) is 5.31. The van der Waals surface area contributed by atoms with Gasteiger partial charge in [0.2, 0.25) is 0 Å². The maximum Gasteiger partial charge on any atom is 0.178 e. The zero-order chi connectivity index (χ0) is 13.1. The van der Waals surface area contributed by atoms with Crippen molar-refractivity contribution in [2.75, 3.05) is 12.9 Å². The third kappa shape index (κ3) is 4.38. The molecule has 4 heteroatoms. The first-order chi connectivity index (χ1) is 7.74. The molecule has 0 N–H and O–H groups in total. The minimum atomic E-state index is -3.17. The second-order valence-corrected chi connectivity index (χ2v) is 7.41. The molecule has 0 aromatic heterocycles. The molecule has 0 atom stereocenters. The summed E-state index contributed by atoms with van der Waals surface area (Å²) in [6.45, 7) is 6.11. The molecule has 0 amide bonds. The van der Waals surface area contributed by atoms with Crippen LogP contribution in [0.2, 0.25) is 0 Å². The van der Waals surface area contributed by atoms with Gasteiger partial charge in [-0.2, -0.15) is 0 Å². The monoisotopic (exact) mass is 256 g/mol. The van der Waals surface area contributed by atoms with E-state index < -0.39 is 9.84 Å². The molecule has 1 aromatic carbocycles. The molecule has 0 unspecified atom stereocenters. The molecule has 0 saturated carbocycles. The highest BCUT2D eigenvalue weighted by Gasteiger charge is 2.19. The molecule has 0 saturated heterocycles. The highest BCUT2D eigenvalue weighted by atomic mass is 32.2. The molecule has 0 aliphatic heterocycles. The van der Waals surface area contributed by atoms with Crippen molar-refractivity contribution in [1.29, 1.82) is 0 Å².